The number of aromatic nitrogens is 4. The number of hydrogen-bond acceptors (Lipinski definition) is 5. The first-order chi connectivity index (χ1) is 13.4. The maximum Gasteiger partial charge on any atom is 0.225 e. The molecule has 4 heterocycles. The zero-order valence-electron chi connectivity index (χ0n) is 17.3. The molecule has 0 bridgehead atoms. The Morgan fingerprint density at radius 1 is 1.36 bits per heavy atom. The van der Waals surface area contributed by atoms with Crippen molar-refractivity contribution >= 4 is 5.91 Å². The molecule has 2 aliphatic heterocycles. The van der Waals surface area contributed by atoms with E-state index in [4.69, 9.17) is 4.98 Å². The molecule has 150 valence electrons. The third-order valence-electron chi connectivity index (χ3n) is 6.25. The summed E-state index contributed by atoms with van der Waals surface area (Å²) in [5.41, 5.74) is 5.56. The van der Waals surface area contributed by atoms with Gasteiger partial charge in [0.2, 0.25) is 5.91 Å². The minimum absolute atomic E-state index is 0.0494. The summed E-state index contributed by atoms with van der Waals surface area (Å²) >= 11 is 0. The van der Waals surface area contributed by atoms with E-state index in [0.29, 0.717) is 13.0 Å². The fourth-order valence-electron chi connectivity index (χ4n) is 4.26. The van der Waals surface area contributed by atoms with Crippen molar-refractivity contribution in [2.45, 2.75) is 72.0 Å². The lowest BCUT2D eigenvalue weighted by atomic mass is 10.1. The minimum Gasteiger partial charge on any atom is -0.338 e. The van der Waals surface area contributed by atoms with Crippen LogP contribution in [0.2, 0.25) is 0 Å². The highest BCUT2D eigenvalue weighted by Crippen LogP contribution is 2.25. The fraction of sp³-hybridized carbons (Fsp3) is 0.619. The Balaban J connectivity index is 1.42. The van der Waals surface area contributed by atoms with Gasteiger partial charge in [0.05, 0.1) is 23.5 Å². The highest BCUT2D eigenvalue weighted by molar-refractivity contribution is 5.77. The van der Waals surface area contributed by atoms with Crippen LogP contribution in [-0.2, 0) is 17.8 Å². The molecule has 1 amide bonds. The maximum atomic E-state index is 12.9. The number of rotatable bonds is 4. The lowest BCUT2D eigenvalue weighted by molar-refractivity contribution is -0.133. The number of amides is 1. The summed E-state index contributed by atoms with van der Waals surface area (Å²) in [4.78, 5) is 24.2. The normalized spacial score (nSPS) is 20.3. The molecule has 2 aliphatic rings. The zero-order chi connectivity index (χ0) is 19.8. The van der Waals surface area contributed by atoms with Gasteiger partial charge in [0.1, 0.15) is 5.82 Å². The molecule has 2 atom stereocenters. The van der Waals surface area contributed by atoms with Crippen LogP contribution in [0, 0.1) is 20.8 Å². The summed E-state index contributed by atoms with van der Waals surface area (Å²) in [6.07, 6.45) is 5.47. The van der Waals surface area contributed by atoms with Crippen molar-refractivity contribution < 1.29 is 4.79 Å². The van der Waals surface area contributed by atoms with Crippen molar-refractivity contribution in [2.24, 2.45) is 0 Å². The van der Waals surface area contributed by atoms with Gasteiger partial charge in [-0.3, -0.25) is 9.48 Å². The van der Waals surface area contributed by atoms with Gasteiger partial charge >= 0.3 is 0 Å². The van der Waals surface area contributed by atoms with Crippen molar-refractivity contribution in [3.63, 3.8) is 0 Å². The van der Waals surface area contributed by atoms with Gasteiger partial charge in [-0.05, 0) is 52.6 Å². The van der Waals surface area contributed by atoms with Crippen LogP contribution in [0.1, 0.15) is 72.3 Å². The van der Waals surface area contributed by atoms with Crippen LogP contribution in [0.15, 0.2) is 6.20 Å². The Kier molecular flexibility index (Phi) is 5.19. The number of fused-ring (bicyclic) bond motifs is 1. The zero-order valence-corrected chi connectivity index (χ0v) is 17.3. The molecular weight excluding hydrogens is 352 g/mol. The smallest absolute Gasteiger partial charge is 0.225 e. The lowest BCUT2D eigenvalue weighted by Crippen LogP contribution is -2.37. The summed E-state index contributed by atoms with van der Waals surface area (Å²) in [6.45, 7) is 10.6. The summed E-state index contributed by atoms with van der Waals surface area (Å²) in [5, 5.41) is 8.07. The maximum absolute atomic E-state index is 12.9. The monoisotopic (exact) mass is 382 g/mol. The predicted octanol–water partition coefficient (Wildman–Crippen LogP) is 2.56. The molecule has 1 N–H and O–H groups in total. The Bertz CT molecular complexity index is 883. The average molecular weight is 383 g/mol. The van der Waals surface area contributed by atoms with Crippen LogP contribution in [-0.4, -0.2) is 43.6 Å². The van der Waals surface area contributed by atoms with Crippen LogP contribution < -0.4 is 5.32 Å². The van der Waals surface area contributed by atoms with Crippen molar-refractivity contribution in [2.75, 3.05) is 13.1 Å². The van der Waals surface area contributed by atoms with Crippen molar-refractivity contribution in [1.82, 2.24) is 30.0 Å². The summed E-state index contributed by atoms with van der Waals surface area (Å²) in [7, 11) is 0. The van der Waals surface area contributed by atoms with E-state index in [1.54, 1.807) is 0 Å². The largest absolute Gasteiger partial charge is 0.338 e. The molecule has 0 spiro atoms. The van der Waals surface area contributed by atoms with Crippen LogP contribution in [0.25, 0.3) is 0 Å². The Morgan fingerprint density at radius 3 is 2.86 bits per heavy atom. The van der Waals surface area contributed by atoms with E-state index < -0.39 is 0 Å². The third-order valence-corrected chi connectivity index (χ3v) is 6.25. The van der Waals surface area contributed by atoms with Gasteiger partial charge < -0.3 is 10.2 Å². The number of nitrogens with zero attached hydrogens (tertiary/aromatic N) is 5. The SMILES string of the molecule is Cc1nn([C@@H](C)CC(=O)N2CCc3nc([C@H]4CCCN4)ncc3C2)c(C)c1C. The van der Waals surface area contributed by atoms with Gasteiger partial charge in [-0.2, -0.15) is 5.10 Å². The molecule has 0 saturated carbocycles. The number of carbonyl (C=O) groups excluding carboxylic acids is 1. The van der Waals surface area contributed by atoms with Crippen LogP contribution >= 0.6 is 0 Å². The molecule has 1 fully saturated rings. The molecular formula is C21H30N6O. The lowest BCUT2D eigenvalue weighted by Gasteiger charge is -2.29. The Labute approximate surface area is 166 Å². The third kappa shape index (κ3) is 3.55. The van der Waals surface area contributed by atoms with Gasteiger partial charge in [0, 0.05) is 43.4 Å². The standard InChI is InChI=1S/C21H30N6O/c1-13(27-16(4)14(2)15(3)25-27)10-20(28)26-9-7-18-17(12-26)11-23-21(24-18)19-6-5-8-22-19/h11,13,19,22H,5-10,12H2,1-4H3/t13-,19+/m0/s1. The summed E-state index contributed by atoms with van der Waals surface area (Å²) in [6, 6.07) is 0.336. The Morgan fingerprint density at radius 2 is 2.18 bits per heavy atom. The van der Waals surface area contributed by atoms with Gasteiger partial charge in [0.25, 0.3) is 0 Å². The molecule has 7 heteroatoms. The van der Waals surface area contributed by atoms with Gasteiger partial charge in [0.15, 0.2) is 0 Å². The number of carbonyl (C=O) groups is 1. The van der Waals surface area contributed by atoms with Gasteiger partial charge in [-0.1, -0.05) is 0 Å². The van der Waals surface area contributed by atoms with Crippen molar-refractivity contribution in [1.29, 1.82) is 0 Å². The van der Waals surface area contributed by atoms with E-state index in [-0.39, 0.29) is 18.0 Å². The first-order valence-electron chi connectivity index (χ1n) is 10.3. The molecule has 0 unspecified atom stereocenters. The molecule has 28 heavy (non-hydrogen) atoms. The van der Waals surface area contributed by atoms with Crippen molar-refractivity contribution in [3.05, 3.63) is 40.2 Å². The van der Waals surface area contributed by atoms with E-state index in [9.17, 15) is 4.79 Å². The summed E-state index contributed by atoms with van der Waals surface area (Å²) < 4.78 is 1.99. The fourth-order valence-corrected chi connectivity index (χ4v) is 4.26. The highest BCUT2D eigenvalue weighted by atomic mass is 16.2. The van der Waals surface area contributed by atoms with E-state index in [1.165, 1.54) is 12.0 Å². The minimum atomic E-state index is 0.0494. The molecule has 0 radical (unpaired) electrons. The average Bonchev–Trinajstić information content (AvgIpc) is 3.32. The summed E-state index contributed by atoms with van der Waals surface area (Å²) in [5.74, 6) is 1.08. The Hall–Kier alpha value is -2.28. The molecule has 0 aromatic carbocycles. The van der Waals surface area contributed by atoms with Crippen LogP contribution in [0.5, 0.6) is 0 Å². The topological polar surface area (TPSA) is 75.9 Å². The first kappa shape index (κ1) is 19.1. The van der Waals surface area contributed by atoms with E-state index in [1.807, 2.05) is 22.7 Å². The van der Waals surface area contributed by atoms with E-state index >= 15 is 0 Å². The van der Waals surface area contributed by atoms with E-state index in [0.717, 1.165) is 54.4 Å². The van der Waals surface area contributed by atoms with Crippen LogP contribution in [0.3, 0.4) is 0 Å². The quantitative estimate of drug-likeness (QED) is 0.879. The number of aryl methyl sites for hydroxylation is 1. The second kappa shape index (κ2) is 7.62. The second-order valence-corrected chi connectivity index (χ2v) is 8.21. The molecule has 1 saturated heterocycles. The van der Waals surface area contributed by atoms with Gasteiger partial charge in [-0.15, -0.1) is 0 Å². The molecule has 0 aliphatic carbocycles. The first-order valence-corrected chi connectivity index (χ1v) is 10.3. The van der Waals surface area contributed by atoms with Crippen molar-refractivity contribution in [3.8, 4) is 0 Å². The highest BCUT2D eigenvalue weighted by Gasteiger charge is 2.26. The molecule has 4 rings (SSSR count). The van der Waals surface area contributed by atoms with E-state index in [2.05, 4.69) is 36.2 Å². The van der Waals surface area contributed by atoms with Gasteiger partial charge in [-0.25, -0.2) is 9.97 Å². The molecule has 2 aromatic heterocycles. The van der Waals surface area contributed by atoms with Crippen LogP contribution in [0.4, 0.5) is 0 Å². The molecule has 2 aromatic rings. The second-order valence-electron chi connectivity index (χ2n) is 8.21. The number of nitrogens with one attached hydrogen (secondary N) is 1. The molecule has 7 nitrogen and oxygen atoms in total. The predicted molar refractivity (Wildman–Crippen MR) is 107 cm³/mol. The number of hydrogen-bond donors (Lipinski definition) is 1.